The molecule has 2 unspecified atom stereocenters. The number of carboxylic acid groups (broad SMARTS) is 1. The minimum absolute atomic E-state index is 0.0687. The van der Waals surface area contributed by atoms with Crippen LogP contribution in [0.2, 0.25) is 0 Å². The average molecular weight is 427 g/mol. The van der Waals surface area contributed by atoms with E-state index in [1.165, 1.54) is 26.7 Å². The fourth-order valence-corrected chi connectivity index (χ4v) is 2.15. The summed E-state index contributed by atoms with van der Waals surface area (Å²) in [7, 11) is 0. The third-order valence-electron chi connectivity index (χ3n) is 3.26. The smallest absolute Gasteiger partial charge is 0.305 e. The molecule has 1 rings (SSSR count). The Morgan fingerprint density at radius 1 is 0.800 bits per heavy atom. The van der Waals surface area contributed by atoms with Gasteiger partial charge in [0.15, 0.2) is 11.6 Å². The fourth-order valence-electron chi connectivity index (χ4n) is 2.15. The minimum Gasteiger partial charge on any atom is -0.481 e. The Morgan fingerprint density at radius 2 is 1.17 bits per heavy atom. The van der Waals surface area contributed by atoms with Crippen LogP contribution in [-0.4, -0.2) is 45.1 Å². The van der Waals surface area contributed by atoms with E-state index in [2.05, 4.69) is 27.7 Å². The molecule has 0 aromatic heterocycles. The monoisotopic (exact) mass is 426 g/mol. The first-order valence-corrected chi connectivity index (χ1v) is 10.7. The minimum atomic E-state index is -1.04. The highest BCUT2D eigenvalue weighted by Gasteiger charge is 2.14. The standard InChI is InChI=1S/C10H10O2.C8H16O4.2C3H8/c1-7(11)9-5-3-4-6-10(9)8(2)12;1-2-3-6(9)4-7(10)5-8(11)12;2*1-3-2/h3-6H,1-2H3;6-7,9-10H,2-5H2,1H3,(H,11,12);2*3H2,1-2H3. The summed E-state index contributed by atoms with van der Waals surface area (Å²) in [5.41, 5.74) is 1.01. The molecular weight excluding hydrogens is 384 g/mol. The Kier molecular flexibility index (Phi) is 23.5. The molecule has 2 atom stereocenters. The third-order valence-corrected chi connectivity index (χ3v) is 3.26. The van der Waals surface area contributed by atoms with E-state index in [-0.39, 0.29) is 24.4 Å². The van der Waals surface area contributed by atoms with E-state index >= 15 is 0 Å². The van der Waals surface area contributed by atoms with Gasteiger partial charge >= 0.3 is 5.97 Å². The van der Waals surface area contributed by atoms with Crippen LogP contribution in [0.3, 0.4) is 0 Å². The zero-order chi connectivity index (χ0) is 24.1. The molecule has 0 saturated heterocycles. The second-order valence-electron chi connectivity index (χ2n) is 7.00. The van der Waals surface area contributed by atoms with Gasteiger partial charge in [-0.15, -0.1) is 0 Å². The predicted octanol–water partition coefficient (Wildman–Crippen LogP) is 5.30. The van der Waals surface area contributed by atoms with Gasteiger partial charge in [-0.1, -0.05) is 78.1 Å². The summed E-state index contributed by atoms with van der Waals surface area (Å²) >= 11 is 0. The molecule has 1 aromatic rings. The summed E-state index contributed by atoms with van der Waals surface area (Å²) in [6, 6.07) is 6.84. The van der Waals surface area contributed by atoms with E-state index in [9.17, 15) is 19.5 Å². The van der Waals surface area contributed by atoms with Gasteiger partial charge in [0.05, 0.1) is 18.6 Å². The van der Waals surface area contributed by atoms with E-state index in [0.29, 0.717) is 17.5 Å². The molecule has 0 aliphatic carbocycles. The predicted molar refractivity (Wildman–Crippen MR) is 122 cm³/mol. The largest absolute Gasteiger partial charge is 0.481 e. The number of carbonyl (C=O) groups excluding carboxylic acids is 2. The van der Waals surface area contributed by atoms with Gasteiger partial charge in [0.2, 0.25) is 0 Å². The lowest BCUT2D eigenvalue weighted by Crippen LogP contribution is -2.20. The van der Waals surface area contributed by atoms with Crippen molar-refractivity contribution in [1.82, 2.24) is 0 Å². The topological polar surface area (TPSA) is 112 Å². The van der Waals surface area contributed by atoms with Gasteiger partial charge in [-0.05, 0) is 26.7 Å². The number of hydrogen-bond acceptors (Lipinski definition) is 5. The maximum Gasteiger partial charge on any atom is 0.305 e. The molecule has 0 spiro atoms. The van der Waals surface area contributed by atoms with E-state index in [1.807, 2.05) is 6.92 Å². The SMILES string of the molecule is CC(=O)c1ccccc1C(C)=O.CCC.CCC.CCCC(O)CC(O)CC(=O)O. The number of benzene rings is 1. The number of hydrogen-bond donors (Lipinski definition) is 3. The summed E-state index contributed by atoms with van der Waals surface area (Å²) in [6.45, 7) is 13.3. The van der Waals surface area contributed by atoms with Gasteiger partial charge < -0.3 is 15.3 Å². The lowest BCUT2D eigenvalue weighted by atomic mass is 10.0. The zero-order valence-electron chi connectivity index (χ0n) is 19.8. The molecule has 0 bridgehead atoms. The molecule has 0 aliphatic heterocycles. The van der Waals surface area contributed by atoms with Crippen LogP contribution < -0.4 is 0 Å². The Balaban J connectivity index is -0.000000385. The quantitative estimate of drug-likeness (QED) is 0.486. The molecule has 0 heterocycles. The van der Waals surface area contributed by atoms with Crippen LogP contribution in [0.4, 0.5) is 0 Å². The first-order valence-electron chi connectivity index (χ1n) is 10.7. The summed E-state index contributed by atoms with van der Waals surface area (Å²) in [6.07, 6.45) is 2.30. The highest BCUT2D eigenvalue weighted by Crippen LogP contribution is 2.09. The maximum absolute atomic E-state index is 11.0. The van der Waals surface area contributed by atoms with Gasteiger partial charge in [-0.25, -0.2) is 0 Å². The molecule has 0 aliphatic rings. The molecule has 0 fully saturated rings. The van der Waals surface area contributed by atoms with Gasteiger partial charge in [0.1, 0.15) is 0 Å². The summed E-state index contributed by atoms with van der Waals surface area (Å²) in [5.74, 6) is -1.17. The van der Waals surface area contributed by atoms with Crippen LogP contribution in [-0.2, 0) is 4.79 Å². The number of rotatable bonds is 8. The maximum atomic E-state index is 11.0. The average Bonchev–Trinajstić information content (AvgIpc) is 2.63. The summed E-state index contributed by atoms with van der Waals surface area (Å²) in [5, 5.41) is 26.5. The number of carbonyl (C=O) groups is 3. The Hall–Kier alpha value is -2.05. The van der Waals surface area contributed by atoms with Crippen molar-refractivity contribution in [3.63, 3.8) is 0 Å². The highest BCUT2D eigenvalue weighted by molar-refractivity contribution is 6.07. The van der Waals surface area contributed by atoms with Crippen molar-refractivity contribution < 1.29 is 29.7 Å². The number of carboxylic acids is 1. The van der Waals surface area contributed by atoms with Crippen LogP contribution >= 0.6 is 0 Å². The van der Waals surface area contributed by atoms with Crippen LogP contribution in [0.5, 0.6) is 0 Å². The third kappa shape index (κ3) is 20.7. The second kappa shape index (κ2) is 21.7. The van der Waals surface area contributed by atoms with Crippen molar-refractivity contribution in [1.29, 1.82) is 0 Å². The number of ketones is 2. The van der Waals surface area contributed by atoms with Crippen molar-refractivity contribution in [2.45, 2.75) is 99.2 Å². The fraction of sp³-hybridized carbons (Fsp3) is 0.625. The molecule has 3 N–H and O–H groups in total. The van der Waals surface area contributed by atoms with Gasteiger partial charge in [0, 0.05) is 11.1 Å². The molecule has 6 heteroatoms. The molecule has 6 nitrogen and oxygen atoms in total. The summed E-state index contributed by atoms with van der Waals surface area (Å²) in [4.78, 5) is 32.1. The van der Waals surface area contributed by atoms with E-state index < -0.39 is 18.2 Å². The first kappa shape index (κ1) is 32.6. The normalized spacial score (nSPS) is 11.2. The second-order valence-corrected chi connectivity index (χ2v) is 7.00. The number of aliphatic hydroxyl groups is 2. The molecule has 0 amide bonds. The van der Waals surface area contributed by atoms with Crippen LogP contribution in [0, 0.1) is 0 Å². The van der Waals surface area contributed by atoms with E-state index in [1.54, 1.807) is 24.3 Å². The van der Waals surface area contributed by atoms with E-state index in [0.717, 1.165) is 6.42 Å². The van der Waals surface area contributed by atoms with Crippen molar-refractivity contribution in [3.05, 3.63) is 35.4 Å². The van der Waals surface area contributed by atoms with Gasteiger partial charge in [-0.2, -0.15) is 0 Å². The van der Waals surface area contributed by atoms with Crippen molar-refractivity contribution in [2.75, 3.05) is 0 Å². The molecule has 30 heavy (non-hydrogen) atoms. The van der Waals surface area contributed by atoms with E-state index in [4.69, 9.17) is 10.2 Å². The van der Waals surface area contributed by atoms with Crippen LogP contribution in [0.15, 0.2) is 24.3 Å². The van der Waals surface area contributed by atoms with Crippen LogP contribution in [0.1, 0.15) is 108 Å². The van der Waals surface area contributed by atoms with Gasteiger partial charge in [0.25, 0.3) is 0 Å². The summed E-state index contributed by atoms with van der Waals surface area (Å²) < 4.78 is 0. The van der Waals surface area contributed by atoms with Crippen molar-refractivity contribution in [2.24, 2.45) is 0 Å². The highest BCUT2D eigenvalue weighted by atomic mass is 16.4. The Labute approximate surface area is 182 Å². The lowest BCUT2D eigenvalue weighted by molar-refractivity contribution is -0.139. The molecule has 1 aromatic carbocycles. The first-order chi connectivity index (χ1) is 14.0. The van der Waals surface area contributed by atoms with Gasteiger partial charge in [-0.3, -0.25) is 14.4 Å². The molecular formula is C24H42O6. The Bertz CT molecular complexity index is 548. The Morgan fingerprint density at radius 3 is 1.43 bits per heavy atom. The molecule has 0 saturated carbocycles. The van der Waals surface area contributed by atoms with Crippen LogP contribution in [0.25, 0.3) is 0 Å². The molecule has 0 radical (unpaired) electrons. The number of Topliss-reactive ketones (excluding diaryl/α,β-unsaturated/α-hetero) is 2. The molecule has 174 valence electrons. The van der Waals surface area contributed by atoms with Crippen molar-refractivity contribution >= 4 is 17.5 Å². The number of aliphatic carboxylic acids is 1. The number of aliphatic hydroxyl groups excluding tert-OH is 2. The lowest BCUT2D eigenvalue weighted by Gasteiger charge is -2.12. The van der Waals surface area contributed by atoms with Crippen molar-refractivity contribution in [3.8, 4) is 0 Å². The zero-order valence-corrected chi connectivity index (χ0v) is 19.8.